The van der Waals surface area contributed by atoms with Crippen molar-refractivity contribution in [2.24, 2.45) is 0 Å². The van der Waals surface area contributed by atoms with E-state index in [-0.39, 0.29) is 11.3 Å². The van der Waals surface area contributed by atoms with Crippen LogP contribution in [0.15, 0.2) is 68.7 Å². The molecule has 128 valence electrons. The number of halogens is 1. The summed E-state index contributed by atoms with van der Waals surface area (Å²) < 4.78 is 2.63. The number of aromatic nitrogens is 3. The smallest absolute Gasteiger partial charge is 0.266 e. The second-order valence-electron chi connectivity index (χ2n) is 5.69. The molecule has 2 heterocycles. The summed E-state index contributed by atoms with van der Waals surface area (Å²) >= 11 is 4.57. The van der Waals surface area contributed by atoms with Crippen LogP contribution in [-0.4, -0.2) is 14.6 Å². The summed E-state index contributed by atoms with van der Waals surface area (Å²) in [5, 5.41) is 4.26. The Morgan fingerprint density at radius 1 is 1.08 bits per heavy atom. The van der Waals surface area contributed by atoms with Crippen molar-refractivity contribution in [1.82, 2.24) is 14.6 Å². The molecule has 0 fully saturated rings. The van der Waals surface area contributed by atoms with Gasteiger partial charge in [0, 0.05) is 10.9 Å². The van der Waals surface area contributed by atoms with Gasteiger partial charge in [-0.2, -0.15) is 14.6 Å². The minimum atomic E-state index is -0.399. The Morgan fingerprint density at radius 2 is 1.88 bits per heavy atom. The van der Waals surface area contributed by atoms with E-state index in [9.17, 15) is 9.59 Å². The van der Waals surface area contributed by atoms with Gasteiger partial charge in [-0.1, -0.05) is 69.7 Å². The summed E-state index contributed by atoms with van der Waals surface area (Å²) in [5.41, 5.74) is 1.42. The fraction of sp³-hybridized carbons (Fsp3) is 0.0526. The molecule has 0 radical (unpaired) electrons. The number of benzene rings is 2. The van der Waals surface area contributed by atoms with E-state index in [4.69, 9.17) is 0 Å². The molecule has 0 aliphatic rings. The van der Waals surface area contributed by atoms with Crippen LogP contribution in [0.5, 0.6) is 0 Å². The van der Waals surface area contributed by atoms with Gasteiger partial charge in [-0.15, -0.1) is 0 Å². The lowest BCUT2D eigenvalue weighted by molar-refractivity contribution is 0.811. The summed E-state index contributed by atoms with van der Waals surface area (Å²) in [5.74, 6) is 0. The third-order valence-electron chi connectivity index (χ3n) is 3.81. The van der Waals surface area contributed by atoms with Crippen molar-refractivity contribution >= 4 is 38.3 Å². The molecule has 2 aromatic carbocycles. The number of rotatable bonds is 3. The van der Waals surface area contributed by atoms with Crippen molar-refractivity contribution in [3.8, 4) is 0 Å². The van der Waals surface area contributed by atoms with Crippen LogP contribution < -0.4 is 15.7 Å². The molecule has 5 nitrogen and oxygen atoms in total. The molecule has 0 atom stereocenters. The number of thiazole rings is 1. The summed E-state index contributed by atoms with van der Waals surface area (Å²) in [6.45, 7) is 0. The second kappa shape index (κ2) is 6.93. The van der Waals surface area contributed by atoms with Crippen molar-refractivity contribution in [1.29, 1.82) is 0 Å². The number of nitrogens with zero attached hydrogens (tertiary/aromatic N) is 3. The quantitative estimate of drug-likeness (QED) is 0.505. The molecule has 0 aliphatic carbocycles. The van der Waals surface area contributed by atoms with Crippen LogP contribution in [0, 0.1) is 0 Å². The Morgan fingerprint density at radius 3 is 2.65 bits per heavy atom. The Labute approximate surface area is 160 Å². The van der Waals surface area contributed by atoms with E-state index < -0.39 is 5.56 Å². The standard InChI is InChI=1S/C19H12BrN3O2S/c20-14-8-4-7-13(9-14)11-16-18(25)23-19(26-16)21-17(24)15(22-23)10-12-5-2-1-3-6-12/h1-9,11H,10H2/b16-11+. The van der Waals surface area contributed by atoms with Gasteiger partial charge in [-0.05, 0) is 29.3 Å². The predicted molar refractivity (Wildman–Crippen MR) is 106 cm³/mol. The predicted octanol–water partition coefficient (Wildman–Crippen LogP) is 2.41. The average Bonchev–Trinajstić information content (AvgIpc) is 2.91. The van der Waals surface area contributed by atoms with Gasteiger partial charge >= 0.3 is 0 Å². The Hall–Kier alpha value is -2.64. The highest BCUT2D eigenvalue weighted by Gasteiger charge is 2.11. The van der Waals surface area contributed by atoms with Crippen LogP contribution in [0.2, 0.25) is 0 Å². The van der Waals surface area contributed by atoms with Gasteiger partial charge < -0.3 is 0 Å². The molecule has 0 saturated heterocycles. The van der Waals surface area contributed by atoms with Crippen molar-refractivity contribution in [3.63, 3.8) is 0 Å². The minimum Gasteiger partial charge on any atom is -0.266 e. The van der Waals surface area contributed by atoms with Crippen LogP contribution in [0.4, 0.5) is 0 Å². The van der Waals surface area contributed by atoms with E-state index in [1.165, 1.54) is 4.52 Å². The van der Waals surface area contributed by atoms with E-state index in [0.717, 1.165) is 26.9 Å². The van der Waals surface area contributed by atoms with E-state index in [2.05, 4.69) is 26.0 Å². The monoisotopic (exact) mass is 425 g/mol. The second-order valence-corrected chi connectivity index (χ2v) is 7.62. The molecule has 4 rings (SSSR count). The minimum absolute atomic E-state index is 0.262. The third-order valence-corrected chi connectivity index (χ3v) is 5.26. The highest BCUT2D eigenvalue weighted by molar-refractivity contribution is 9.10. The molecule has 0 unspecified atom stereocenters. The maximum atomic E-state index is 12.7. The highest BCUT2D eigenvalue weighted by Crippen LogP contribution is 2.12. The maximum absolute atomic E-state index is 12.7. The van der Waals surface area contributed by atoms with Crippen molar-refractivity contribution < 1.29 is 0 Å². The maximum Gasteiger partial charge on any atom is 0.296 e. The Balaban J connectivity index is 1.83. The first-order chi connectivity index (χ1) is 12.6. The largest absolute Gasteiger partial charge is 0.296 e. The van der Waals surface area contributed by atoms with Gasteiger partial charge in [0.15, 0.2) is 0 Å². The molecule has 7 heteroatoms. The van der Waals surface area contributed by atoms with Gasteiger partial charge in [0.25, 0.3) is 11.1 Å². The summed E-state index contributed by atoms with van der Waals surface area (Å²) in [7, 11) is 0. The molecule has 0 amide bonds. The zero-order valence-corrected chi connectivity index (χ0v) is 15.8. The SMILES string of the molecule is O=c1nc2s/c(=C/c3cccc(Br)c3)c(=O)n2nc1Cc1ccccc1. The van der Waals surface area contributed by atoms with E-state index >= 15 is 0 Å². The molecule has 0 saturated carbocycles. The lowest BCUT2D eigenvalue weighted by Gasteiger charge is -1.99. The molecule has 0 N–H and O–H groups in total. The molecular weight excluding hydrogens is 414 g/mol. The molecule has 26 heavy (non-hydrogen) atoms. The lowest BCUT2D eigenvalue weighted by atomic mass is 10.1. The van der Waals surface area contributed by atoms with Gasteiger partial charge in [-0.3, -0.25) is 9.59 Å². The summed E-state index contributed by atoms with van der Waals surface area (Å²) in [6, 6.07) is 17.1. The first-order valence-corrected chi connectivity index (χ1v) is 9.45. The topological polar surface area (TPSA) is 64.3 Å². The van der Waals surface area contributed by atoms with Crippen LogP contribution in [0.25, 0.3) is 11.0 Å². The van der Waals surface area contributed by atoms with Gasteiger partial charge in [0.1, 0.15) is 5.69 Å². The van der Waals surface area contributed by atoms with Crippen LogP contribution >= 0.6 is 27.3 Å². The fourth-order valence-corrected chi connectivity index (χ4v) is 3.91. The van der Waals surface area contributed by atoms with Crippen LogP contribution in [0.3, 0.4) is 0 Å². The third kappa shape index (κ3) is 3.36. The molecule has 0 bridgehead atoms. The summed E-state index contributed by atoms with van der Waals surface area (Å²) in [6.07, 6.45) is 2.12. The van der Waals surface area contributed by atoms with Crippen molar-refractivity contribution in [2.45, 2.75) is 6.42 Å². The van der Waals surface area contributed by atoms with Crippen molar-refractivity contribution in [3.05, 3.63) is 101 Å². The van der Waals surface area contributed by atoms with Gasteiger partial charge in [0.2, 0.25) is 4.96 Å². The van der Waals surface area contributed by atoms with E-state index in [1.807, 2.05) is 54.6 Å². The zero-order valence-electron chi connectivity index (χ0n) is 13.4. The molecule has 2 aromatic heterocycles. The van der Waals surface area contributed by atoms with Gasteiger partial charge in [-0.25, -0.2) is 0 Å². The van der Waals surface area contributed by atoms with E-state index in [0.29, 0.717) is 15.9 Å². The molecule has 0 spiro atoms. The lowest BCUT2D eigenvalue weighted by Crippen LogP contribution is -2.28. The van der Waals surface area contributed by atoms with Crippen LogP contribution in [0.1, 0.15) is 16.8 Å². The summed E-state index contributed by atoms with van der Waals surface area (Å²) in [4.78, 5) is 29.3. The van der Waals surface area contributed by atoms with Crippen LogP contribution in [-0.2, 0) is 6.42 Å². The first kappa shape index (κ1) is 16.8. The fourth-order valence-electron chi connectivity index (χ4n) is 2.59. The van der Waals surface area contributed by atoms with Crippen molar-refractivity contribution in [2.75, 3.05) is 0 Å². The molecule has 0 aliphatic heterocycles. The van der Waals surface area contributed by atoms with Gasteiger partial charge in [0.05, 0.1) is 4.53 Å². The first-order valence-electron chi connectivity index (χ1n) is 7.84. The Bertz CT molecular complexity index is 1270. The molecule has 4 aromatic rings. The normalized spacial score (nSPS) is 12.0. The average molecular weight is 426 g/mol. The zero-order chi connectivity index (χ0) is 18.1. The highest BCUT2D eigenvalue weighted by atomic mass is 79.9. The number of hydrogen-bond donors (Lipinski definition) is 0. The Kier molecular flexibility index (Phi) is 4.48. The van der Waals surface area contributed by atoms with E-state index in [1.54, 1.807) is 6.08 Å². The number of fused-ring (bicyclic) bond motifs is 1. The molecular formula is C19H12BrN3O2S. The number of hydrogen-bond acceptors (Lipinski definition) is 5.